The van der Waals surface area contributed by atoms with E-state index in [2.05, 4.69) is 10.6 Å². The molecule has 1 aromatic rings. The van der Waals surface area contributed by atoms with Crippen LogP contribution >= 0.6 is 12.4 Å². The fourth-order valence-corrected chi connectivity index (χ4v) is 1.05. The van der Waals surface area contributed by atoms with Crippen molar-refractivity contribution in [1.82, 2.24) is 5.32 Å². The number of nitrogens with one attached hydrogen (secondary N) is 4. The van der Waals surface area contributed by atoms with E-state index in [1.165, 1.54) is 0 Å². The molecule has 0 spiro atoms. The zero-order valence-corrected chi connectivity index (χ0v) is 9.52. The minimum Gasteiger partial charge on any atom is -0.495 e. The molecule has 0 amide bonds. The van der Waals surface area contributed by atoms with E-state index in [1.54, 1.807) is 19.2 Å². The number of ether oxygens (including phenoxy) is 1. The molecule has 1 rings (SSSR count). The second-order valence-electron chi connectivity index (χ2n) is 2.74. The van der Waals surface area contributed by atoms with Crippen LogP contribution in [-0.2, 0) is 0 Å². The van der Waals surface area contributed by atoms with E-state index in [9.17, 15) is 0 Å². The van der Waals surface area contributed by atoms with Gasteiger partial charge in [-0.25, -0.2) is 0 Å². The molecule has 7 heteroatoms. The lowest BCUT2D eigenvalue weighted by Crippen LogP contribution is -2.39. The van der Waals surface area contributed by atoms with E-state index in [1.807, 2.05) is 12.1 Å². The van der Waals surface area contributed by atoms with Gasteiger partial charge < -0.3 is 15.8 Å². The number of hydrogen-bond acceptors (Lipinski definition) is 3. The molecule has 16 heavy (non-hydrogen) atoms. The Kier molecular flexibility index (Phi) is 5.72. The van der Waals surface area contributed by atoms with Crippen molar-refractivity contribution < 1.29 is 4.74 Å². The van der Waals surface area contributed by atoms with Gasteiger partial charge in [0, 0.05) is 0 Å². The highest BCUT2D eigenvalue weighted by Gasteiger charge is 2.03. The molecular formula is C9H14ClN5O. The van der Waals surface area contributed by atoms with Crippen LogP contribution in [-0.4, -0.2) is 19.0 Å². The molecule has 0 aliphatic rings. The topological polar surface area (TPSA) is 107 Å². The van der Waals surface area contributed by atoms with Gasteiger partial charge in [0.25, 0.3) is 0 Å². The molecule has 0 aliphatic carbocycles. The van der Waals surface area contributed by atoms with Gasteiger partial charge in [0.05, 0.1) is 12.8 Å². The third kappa shape index (κ3) is 4.05. The Bertz CT molecular complexity index is 382. The molecule has 0 saturated heterocycles. The summed E-state index contributed by atoms with van der Waals surface area (Å²) in [4.78, 5) is 0. The maximum atomic E-state index is 7.43. The summed E-state index contributed by atoms with van der Waals surface area (Å²) in [5, 5.41) is 19.4. The number of anilines is 1. The first-order chi connectivity index (χ1) is 7.13. The fourth-order valence-electron chi connectivity index (χ4n) is 1.05. The summed E-state index contributed by atoms with van der Waals surface area (Å²) in [7, 11) is 1.54. The maximum absolute atomic E-state index is 7.43. The van der Waals surface area contributed by atoms with Crippen molar-refractivity contribution in [2.75, 3.05) is 12.4 Å². The van der Waals surface area contributed by atoms with E-state index in [0.29, 0.717) is 11.4 Å². The highest BCUT2D eigenvalue weighted by molar-refractivity contribution is 6.02. The van der Waals surface area contributed by atoms with Gasteiger partial charge in [-0.05, 0) is 12.1 Å². The minimum absolute atomic E-state index is 0. The lowest BCUT2D eigenvalue weighted by molar-refractivity contribution is 0.417. The van der Waals surface area contributed by atoms with Crippen LogP contribution in [0.5, 0.6) is 5.75 Å². The summed E-state index contributed by atoms with van der Waals surface area (Å²) in [6, 6.07) is 7.16. The molecule has 0 saturated carbocycles. The number of hydrogen-bond donors (Lipinski definition) is 5. The van der Waals surface area contributed by atoms with Crippen molar-refractivity contribution in [3.05, 3.63) is 24.3 Å². The average Bonchev–Trinajstić information content (AvgIpc) is 2.17. The van der Waals surface area contributed by atoms with Gasteiger partial charge in [-0.3, -0.25) is 16.1 Å². The predicted molar refractivity (Wildman–Crippen MR) is 66.6 cm³/mol. The van der Waals surface area contributed by atoms with Crippen molar-refractivity contribution in [1.29, 1.82) is 10.8 Å². The summed E-state index contributed by atoms with van der Waals surface area (Å²) in [6.07, 6.45) is 0. The van der Waals surface area contributed by atoms with Crippen LogP contribution in [0.4, 0.5) is 5.69 Å². The summed E-state index contributed by atoms with van der Waals surface area (Å²) in [5.74, 6) is 0.252. The molecule has 0 unspecified atom stereocenters. The quantitative estimate of drug-likeness (QED) is 0.394. The average molecular weight is 244 g/mol. The molecular weight excluding hydrogens is 230 g/mol. The Hall–Kier alpha value is -1.95. The highest BCUT2D eigenvalue weighted by Crippen LogP contribution is 2.22. The molecule has 88 valence electrons. The van der Waals surface area contributed by atoms with E-state index in [0.717, 1.165) is 0 Å². The molecule has 6 N–H and O–H groups in total. The van der Waals surface area contributed by atoms with Gasteiger partial charge in [0.1, 0.15) is 5.75 Å². The summed E-state index contributed by atoms with van der Waals surface area (Å²) in [6.45, 7) is 0. The number of para-hydroxylation sites is 2. The normalized spacial score (nSPS) is 8.56. The second kappa shape index (κ2) is 6.52. The first-order valence-electron chi connectivity index (χ1n) is 4.23. The molecule has 1 aromatic carbocycles. The Balaban J connectivity index is 0.00000225. The number of nitrogens with two attached hydrogens (primary N) is 1. The number of halogens is 1. The van der Waals surface area contributed by atoms with Crippen LogP contribution in [0.1, 0.15) is 0 Å². The van der Waals surface area contributed by atoms with Gasteiger partial charge in [-0.15, -0.1) is 12.4 Å². The van der Waals surface area contributed by atoms with Crippen molar-refractivity contribution in [3.8, 4) is 5.75 Å². The van der Waals surface area contributed by atoms with Gasteiger partial charge in [-0.1, -0.05) is 12.1 Å². The number of rotatable bonds is 2. The molecule has 0 radical (unpaired) electrons. The molecule has 0 aromatic heterocycles. The van der Waals surface area contributed by atoms with Crippen molar-refractivity contribution in [2.24, 2.45) is 5.73 Å². The van der Waals surface area contributed by atoms with Crippen LogP contribution in [0.3, 0.4) is 0 Å². The molecule has 0 bridgehead atoms. The Morgan fingerprint density at radius 3 is 2.50 bits per heavy atom. The number of guanidine groups is 2. The smallest absolute Gasteiger partial charge is 0.199 e. The molecule has 0 fully saturated rings. The zero-order chi connectivity index (χ0) is 11.3. The molecule has 0 atom stereocenters. The van der Waals surface area contributed by atoms with Gasteiger partial charge >= 0.3 is 0 Å². The summed E-state index contributed by atoms with van der Waals surface area (Å²) < 4.78 is 5.08. The first-order valence-corrected chi connectivity index (χ1v) is 4.23. The van der Waals surface area contributed by atoms with Crippen molar-refractivity contribution in [2.45, 2.75) is 0 Å². The standard InChI is InChI=1S/C9H13N5O.ClH/c1-15-7-5-3-2-4-6(7)13-9(12)14-8(10)11;/h2-5H,1H3,(H6,10,11,12,13,14);1H. The van der Waals surface area contributed by atoms with E-state index in [-0.39, 0.29) is 24.3 Å². The SMILES string of the molecule is COc1ccccc1NC(=N)NC(=N)N.Cl. The summed E-state index contributed by atoms with van der Waals surface area (Å²) in [5.41, 5.74) is 5.72. The van der Waals surface area contributed by atoms with Crippen molar-refractivity contribution >= 4 is 30.0 Å². The van der Waals surface area contributed by atoms with Crippen LogP contribution in [0.15, 0.2) is 24.3 Å². The predicted octanol–water partition coefficient (Wildman–Crippen LogP) is 0.947. The Labute approximate surface area is 99.6 Å². The highest BCUT2D eigenvalue weighted by atomic mass is 35.5. The Morgan fingerprint density at radius 2 is 1.94 bits per heavy atom. The van der Waals surface area contributed by atoms with E-state index >= 15 is 0 Å². The Morgan fingerprint density at radius 1 is 1.31 bits per heavy atom. The van der Waals surface area contributed by atoms with Gasteiger partial charge in [0.15, 0.2) is 11.9 Å². The fraction of sp³-hybridized carbons (Fsp3) is 0.111. The molecule has 0 aliphatic heterocycles. The third-order valence-corrected chi connectivity index (χ3v) is 1.63. The number of benzene rings is 1. The number of methoxy groups -OCH3 is 1. The largest absolute Gasteiger partial charge is 0.495 e. The minimum atomic E-state index is -0.289. The zero-order valence-electron chi connectivity index (χ0n) is 8.70. The molecule has 0 heterocycles. The van der Waals surface area contributed by atoms with Gasteiger partial charge in [-0.2, -0.15) is 0 Å². The molecule has 6 nitrogen and oxygen atoms in total. The van der Waals surface area contributed by atoms with E-state index in [4.69, 9.17) is 21.3 Å². The summed E-state index contributed by atoms with van der Waals surface area (Å²) >= 11 is 0. The third-order valence-electron chi connectivity index (χ3n) is 1.63. The first kappa shape index (κ1) is 14.1. The monoisotopic (exact) mass is 243 g/mol. The van der Waals surface area contributed by atoms with Crippen LogP contribution in [0, 0.1) is 10.8 Å². The van der Waals surface area contributed by atoms with Crippen molar-refractivity contribution in [3.63, 3.8) is 0 Å². The van der Waals surface area contributed by atoms with Crippen LogP contribution in [0.2, 0.25) is 0 Å². The lowest BCUT2D eigenvalue weighted by atomic mass is 10.3. The van der Waals surface area contributed by atoms with E-state index < -0.39 is 0 Å². The van der Waals surface area contributed by atoms with Crippen LogP contribution in [0.25, 0.3) is 0 Å². The van der Waals surface area contributed by atoms with Crippen LogP contribution < -0.4 is 21.1 Å². The maximum Gasteiger partial charge on any atom is 0.199 e. The van der Waals surface area contributed by atoms with Gasteiger partial charge in [0.2, 0.25) is 0 Å². The lowest BCUT2D eigenvalue weighted by Gasteiger charge is -2.11. The second-order valence-corrected chi connectivity index (χ2v) is 2.74.